The van der Waals surface area contributed by atoms with E-state index in [4.69, 9.17) is 18.9 Å². The van der Waals surface area contributed by atoms with Gasteiger partial charge in [0.15, 0.2) is 0 Å². The van der Waals surface area contributed by atoms with Gasteiger partial charge in [-0.2, -0.15) is 0 Å². The first-order valence-corrected chi connectivity index (χ1v) is 13.9. The molecule has 41 heavy (non-hydrogen) atoms. The molecule has 0 unspecified atom stereocenters. The van der Waals surface area contributed by atoms with Crippen LogP contribution in [0, 0.1) is 11.8 Å². The van der Waals surface area contributed by atoms with Gasteiger partial charge in [0.1, 0.15) is 0 Å². The van der Waals surface area contributed by atoms with Crippen molar-refractivity contribution >= 4 is 35.8 Å². The fraction of sp³-hybridized carbons (Fsp3) is 0.433. The molecule has 2 aromatic rings. The summed E-state index contributed by atoms with van der Waals surface area (Å²) in [5, 5.41) is 2.79. The molecule has 1 aliphatic heterocycles. The molecule has 2 aromatic carbocycles. The van der Waals surface area contributed by atoms with E-state index >= 15 is 0 Å². The van der Waals surface area contributed by atoms with Crippen LogP contribution in [0.5, 0.6) is 0 Å². The quantitative estimate of drug-likeness (QED) is 0.211. The molecule has 0 bridgehead atoms. The predicted octanol–water partition coefficient (Wildman–Crippen LogP) is 2.54. The van der Waals surface area contributed by atoms with Crippen molar-refractivity contribution in [1.29, 1.82) is 0 Å². The zero-order chi connectivity index (χ0) is 29.1. The number of amides is 3. The van der Waals surface area contributed by atoms with Gasteiger partial charge in [0.2, 0.25) is 11.8 Å². The first-order chi connectivity index (χ1) is 20.1. The number of hydrogen-bond donors (Lipinski definition) is 1. The van der Waals surface area contributed by atoms with Gasteiger partial charge in [-0.3, -0.25) is 14.4 Å². The van der Waals surface area contributed by atoms with Gasteiger partial charge >= 0.3 is 0 Å². The molecule has 0 radical (unpaired) electrons. The maximum absolute atomic E-state index is 13.2. The van der Waals surface area contributed by atoms with Crippen LogP contribution in [0.25, 0.3) is 0 Å². The van der Waals surface area contributed by atoms with E-state index < -0.39 is 0 Å². The van der Waals surface area contributed by atoms with E-state index in [0.717, 1.165) is 22.4 Å². The van der Waals surface area contributed by atoms with Gasteiger partial charge in [-0.15, -0.1) is 4.36 Å². The van der Waals surface area contributed by atoms with Crippen LogP contribution in [0.3, 0.4) is 0 Å². The molecular formula is C30H35N3O7S. The molecule has 10 nitrogen and oxygen atoms in total. The number of para-hydroxylation sites is 1. The molecule has 0 aromatic heterocycles. The van der Waals surface area contributed by atoms with Crippen LogP contribution in [0.1, 0.15) is 36.0 Å². The third-order valence-electron chi connectivity index (χ3n) is 5.99. The molecule has 3 amide bonds. The van der Waals surface area contributed by atoms with Gasteiger partial charge in [-0.05, 0) is 23.8 Å². The highest BCUT2D eigenvalue weighted by Crippen LogP contribution is 2.26. The zero-order valence-corrected chi connectivity index (χ0v) is 23.8. The molecule has 1 aliphatic rings. The normalized spacial score (nSPS) is 11.8. The maximum atomic E-state index is 13.2. The van der Waals surface area contributed by atoms with Crippen LogP contribution in [-0.4, -0.2) is 77.1 Å². The number of fused-ring (bicyclic) bond motifs is 2. The highest BCUT2D eigenvalue weighted by Gasteiger charge is 2.21. The lowest BCUT2D eigenvalue weighted by molar-refractivity contribution is -0.125. The van der Waals surface area contributed by atoms with Crippen molar-refractivity contribution in [1.82, 2.24) is 5.32 Å². The molecule has 0 saturated heterocycles. The Hall–Kier alpha value is -3.53. The highest BCUT2D eigenvalue weighted by molar-refractivity contribution is 7.47. The van der Waals surface area contributed by atoms with Crippen molar-refractivity contribution in [3.05, 3.63) is 65.2 Å². The van der Waals surface area contributed by atoms with Gasteiger partial charge in [0.05, 0.1) is 71.5 Å². The molecule has 0 fully saturated rings. The van der Waals surface area contributed by atoms with E-state index in [0.29, 0.717) is 59.3 Å². The van der Waals surface area contributed by atoms with Crippen LogP contribution in [-0.2, 0) is 52.3 Å². The molecule has 1 N–H and O–H groups in total. The summed E-state index contributed by atoms with van der Waals surface area (Å²) in [4.78, 5) is 38.1. The minimum atomic E-state index is -0.362. The molecule has 0 aliphatic carbocycles. The lowest BCUT2D eigenvalue weighted by Gasteiger charge is -2.26. The first-order valence-electron chi connectivity index (χ1n) is 13.5. The third kappa shape index (κ3) is 11.9. The second-order valence-electron chi connectivity index (χ2n) is 8.94. The molecular weight excluding hydrogens is 546 g/mol. The molecule has 3 rings (SSSR count). The van der Waals surface area contributed by atoms with Crippen molar-refractivity contribution in [3.8, 4) is 11.8 Å². The third-order valence-corrected chi connectivity index (χ3v) is 6.19. The van der Waals surface area contributed by atoms with Crippen molar-refractivity contribution in [2.24, 2.45) is 4.36 Å². The molecule has 0 saturated carbocycles. The average molecular weight is 582 g/mol. The molecule has 0 atom stereocenters. The zero-order valence-electron chi connectivity index (χ0n) is 23.0. The summed E-state index contributed by atoms with van der Waals surface area (Å²) in [5.74, 6) is 5.68. The molecule has 11 heteroatoms. The van der Waals surface area contributed by atoms with Crippen molar-refractivity contribution in [2.75, 3.05) is 64.3 Å². The number of nitrogens with one attached hydrogen (secondary N) is 1. The Morgan fingerprint density at radius 2 is 1.34 bits per heavy atom. The van der Waals surface area contributed by atoms with Gasteiger partial charge in [0.25, 0.3) is 5.91 Å². The van der Waals surface area contributed by atoms with E-state index in [1.807, 2.05) is 48.5 Å². The summed E-state index contributed by atoms with van der Waals surface area (Å²) >= 11 is 4.29. The first kappa shape index (κ1) is 32.0. The van der Waals surface area contributed by atoms with Gasteiger partial charge in [-0.1, -0.05) is 42.2 Å². The summed E-state index contributed by atoms with van der Waals surface area (Å²) in [7, 11) is 0. The summed E-state index contributed by atoms with van der Waals surface area (Å²) in [6, 6.07) is 15.3. The number of anilines is 1. The number of carbonyl (C=O) groups excluding carboxylic acids is 3. The fourth-order valence-corrected chi connectivity index (χ4v) is 3.97. The minimum Gasteiger partial charge on any atom is -0.379 e. The Kier molecular flexibility index (Phi) is 14.6. The number of rotatable bonds is 18. The summed E-state index contributed by atoms with van der Waals surface area (Å²) in [6.45, 7) is 3.76. The maximum Gasteiger partial charge on any atom is 0.259 e. The van der Waals surface area contributed by atoms with Crippen molar-refractivity contribution in [2.45, 2.75) is 25.8 Å². The van der Waals surface area contributed by atoms with E-state index in [1.54, 1.807) is 4.90 Å². The summed E-state index contributed by atoms with van der Waals surface area (Å²) in [5.41, 5.74) is 3.40. The lowest BCUT2D eigenvalue weighted by atomic mass is 10.0. The number of benzene rings is 2. The van der Waals surface area contributed by atoms with E-state index in [9.17, 15) is 14.4 Å². The Labute approximate surface area is 245 Å². The van der Waals surface area contributed by atoms with Gasteiger partial charge < -0.3 is 29.2 Å². The van der Waals surface area contributed by atoms with E-state index in [1.165, 1.54) is 0 Å². The predicted molar refractivity (Wildman–Crippen MR) is 155 cm³/mol. The van der Waals surface area contributed by atoms with Crippen LogP contribution in [0.4, 0.5) is 5.69 Å². The monoisotopic (exact) mass is 581 g/mol. The second-order valence-corrected chi connectivity index (χ2v) is 9.12. The number of ether oxygens (including phenoxy) is 4. The number of carbonyl (C=O) groups is 3. The van der Waals surface area contributed by atoms with Gasteiger partial charge in [0, 0.05) is 42.9 Å². The smallest absolute Gasteiger partial charge is 0.259 e. The second kappa shape index (κ2) is 18.7. The molecule has 218 valence electrons. The number of nitrogens with zero attached hydrogens (tertiary/aromatic N) is 2. The largest absolute Gasteiger partial charge is 0.379 e. The Balaban J connectivity index is 1.23. The van der Waals surface area contributed by atoms with E-state index in [-0.39, 0.29) is 43.6 Å². The van der Waals surface area contributed by atoms with Crippen LogP contribution >= 0.6 is 0 Å². The topological polar surface area (TPSA) is 116 Å². The van der Waals surface area contributed by atoms with Crippen LogP contribution < -0.4 is 10.2 Å². The van der Waals surface area contributed by atoms with Crippen molar-refractivity contribution < 1.29 is 33.3 Å². The molecule has 1 heterocycles. The molecule has 0 spiro atoms. The van der Waals surface area contributed by atoms with E-state index in [2.05, 4.69) is 33.9 Å². The Morgan fingerprint density at radius 3 is 2.05 bits per heavy atom. The SMILES string of the molecule is O=C(CCOCCOCCOCCOCCNC(=O)CCC(=O)N1Cc2ccccc2C#Cc2ccccc21)N=S. The van der Waals surface area contributed by atoms with Crippen molar-refractivity contribution in [3.63, 3.8) is 0 Å². The highest BCUT2D eigenvalue weighted by atomic mass is 32.1. The summed E-state index contributed by atoms with van der Waals surface area (Å²) < 4.78 is 24.6. The Morgan fingerprint density at radius 1 is 0.756 bits per heavy atom. The van der Waals surface area contributed by atoms with Crippen LogP contribution in [0.2, 0.25) is 0 Å². The Bertz CT molecular complexity index is 1230. The average Bonchev–Trinajstić information content (AvgIpc) is 2.98. The van der Waals surface area contributed by atoms with Crippen LogP contribution in [0.15, 0.2) is 52.9 Å². The number of hydrogen-bond acceptors (Lipinski definition) is 8. The minimum absolute atomic E-state index is 0.0848. The standard InChI is InChI=1S/C30H35N3O7S/c34-28(31-14-16-38-18-20-40-22-21-39-19-17-37-15-13-29(35)32-41)11-12-30(36)33-23-26-7-2-1-5-24(26)9-10-25-6-3-4-8-27(25)33/h1-8H,11-23H2,(H,31,34). The van der Waals surface area contributed by atoms with Gasteiger partial charge in [-0.25, -0.2) is 0 Å². The fourth-order valence-electron chi connectivity index (χ4n) is 3.88. The summed E-state index contributed by atoms with van der Waals surface area (Å²) in [6.07, 6.45) is 0.349. The lowest BCUT2D eigenvalue weighted by Crippen LogP contribution is -2.34.